The minimum Gasteiger partial charge on any atom is -0.497 e. The highest BCUT2D eigenvalue weighted by Crippen LogP contribution is 2.43. The van der Waals surface area contributed by atoms with E-state index >= 15 is 0 Å². The fraction of sp³-hybridized carbons (Fsp3) is 0.455. The molecule has 0 aliphatic carbocycles. The van der Waals surface area contributed by atoms with Crippen molar-refractivity contribution in [3.05, 3.63) is 65.2 Å². The Labute approximate surface area is 155 Å². The van der Waals surface area contributed by atoms with E-state index in [4.69, 9.17) is 9.47 Å². The number of morpholine rings is 1. The van der Waals surface area contributed by atoms with E-state index < -0.39 is 5.60 Å². The zero-order valence-corrected chi connectivity index (χ0v) is 15.5. The first-order valence-corrected chi connectivity index (χ1v) is 9.34. The molecule has 0 saturated carbocycles. The summed E-state index contributed by atoms with van der Waals surface area (Å²) in [6.07, 6.45) is 1.37. The largest absolute Gasteiger partial charge is 0.497 e. The number of aliphatic hydroxyl groups is 1. The molecule has 2 bridgehead atoms. The maximum absolute atomic E-state index is 11.6. The van der Waals surface area contributed by atoms with E-state index in [0.29, 0.717) is 26.1 Å². The molecule has 4 rings (SSSR count). The summed E-state index contributed by atoms with van der Waals surface area (Å²) in [5, 5.41) is 11.6. The Hall–Kier alpha value is -1.88. The number of nitrogens with zero attached hydrogens (tertiary/aromatic N) is 1. The van der Waals surface area contributed by atoms with Gasteiger partial charge in [-0.25, -0.2) is 0 Å². The van der Waals surface area contributed by atoms with Crippen LogP contribution in [-0.2, 0) is 16.9 Å². The van der Waals surface area contributed by atoms with Crippen molar-refractivity contribution in [2.45, 2.75) is 44.0 Å². The fourth-order valence-electron chi connectivity index (χ4n) is 4.55. The number of fused-ring (bicyclic) bond motifs is 2. The summed E-state index contributed by atoms with van der Waals surface area (Å²) >= 11 is 0. The molecule has 2 heterocycles. The van der Waals surface area contributed by atoms with E-state index in [1.807, 2.05) is 24.3 Å². The predicted molar refractivity (Wildman–Crippen MR) is 101 cm³/mol. The van der Waals surface area contributed by atoms with Crippen LogP contribution in [0.25, 0.3) is 0 Å². The molecule has 0 amide bonds. The van der Waals surface area contributed by atoms with Gasteiger partial charge in [-0.3, -0.25) is 4.90 Å². The van der Waals surface area contributed by atoms with Crippen molar-refractivity contribution in [2.75, 3.05) is 20.3 Å². The van der Waals surface area contributed by atoms with Gasteiger partial charge in [0.25, 0.3) is 0 Å². The number of methoxy groups -OCH3 is 1. The number of benzene rings is 2. The first-order chi connectivity index (χ1) is 12.6. The standard InChI is InChI=1S/C22H27NO3/c1-16-8-9-20(25-2)10-21(16)22(24)11-18-14-26-15-19(12-22)23(18)13-17-6-4-3-5-7-17/h3-10,18-19,24H,11-15H2,1-2H3. The molecule has 0 radical (unpaired) electrons. The summed E-state index contributed by atoms with van der Waals surface area (Å²) in [6, 6.07) is 17.0. The molecule has 2 atom stereocenters. The molecule has 4 heteroatoms. The van der Waals surface area contributed by atoms with Gasteiger partial charge in [-0.2, -0.15) is 0 Å². The Kier molecular flexibility index (Phi) is 4.74. The van der Waals surface area contributed by atoms with E-state index in [0.717, 1.165) is 23.4 Å². The molecular weight excluding hydrogens is 326 g/mol. The third-order valence-corrected chi connectivity index (χ3v) is 5.86. The highest BCUT2D eigenvalue weighted by molar-refractivity contribution is 5.39. The fourth-order valence-corrected chi connectivity index (χ4v) is 4.55. The second-order valence-electron chi connectivity index (χ2n) is 7.62. The Morgan fingerprint density at radius 2 is 1.81 bits per heavy atom. The second kappa shape index (κ2) is 7.03. The molecule has 2 fully saturated rings. The summed E-state index contributed by atoms with van der Waals surface area (Å²) in [4.78, 5) is 2.52. The average molecular weight is 353 g/mol. The van der Waals surface area contributed by atoms with E-state index in [1.165, 1.54) is 5.56 Å². The van der Waals surface area contributed by atoms with Gasteiger partial charge in [-0.15, -0.1) is 0 Å². The maximum atomic E-state index is 11.6. The Morgan fingerprint density at radius 1 is 1.12 bits per heavy atom. The lowest BCUT2D eigenvalue weighted by Crippen LogP contribution is -2.60. The predicted octanol–water partition coefficient (Wildman–Crippen LogP) is 3.25. The molecule has 138 valence electrons. The molecule has 26 heavy (non-hydrogen) atoms. The monoisotopic (exact) mass is 353 g/mol. The van der Waals surface area contributed by atoms with Crippen LogP contribution in [0.4, 0.5) is 0 Å². The SMILES string of the molecule is COc1ccc(C)c(C2(O)CC3COCC(C2)N3Cc2ccccc2)c1. The van der Waals surface area contributed by atoms with E-state index in [2.05, 4.69) is 36.1 Å². The van der Waals surface area contributed by atoms with Crippen LogP contribution in [0.2, 0.25) is 0 Å². The molecule has 2 aliphatic rings. The van der Waals surface area contributed by atoms with Gasteiger partial charge < -0.3 is 14.6 Å². The Balaban J connectivity index is 1.61. The van der Waals surface area contributed by atoms with E-state index in [-0.39, 0.29) is 12.1 Å². The van der Waals surface area contributed by atoms with Gasteiger partial charge in [-0.05, 0) is 48.6 Å². The molecule has 0 spiro atoms. The van der Waals surface area contributed by atoms with Crippen molar-refractivity contribution in [2.24, 2.45) is 0 Å². The summed E-state index contributed by atoms with van der Waals surface area (Å²) in [6.45, 7) is 4.32. The molecule has 1 N–H and O–H groups in total. The summed E-state index contributed by atoms with van der Waals surface area (Å²) < 4.78 is 11.2. The highest BCUT2D eigenvalue weighted by Gasteiger charge is 2.47. The van der Waals surface area contributed by atoms with Crippen LogP contribution in [0, 0.1) is 6.92 Å². The van der Waals surface area contributed by atoms with Crippen LogP contribution >= 0.6 is 0 Å². The summed E-state index contributed by atoms with van der Waals surface area (Å²) in [5.41, 5.74) is 2.59. The molecule has 2 aromatic carbocycles. The molecule has 4 nitrogen and oxygen atoms in total. The number of piperidine rings is 1. The van der Waals surface area contributed by atoms with Crippen LogP contribution in [-0.4, -0.2) is 42.4 Å². The third kappa shape index (κ3) is 3.25. The normalized spacial score (nSPS) is 28.7. The maximum Gasteiger partial charge on any atom is 0.119 e. The second-order valence-corrected chi connectivity index (χ2v) is 7.62. The molecular formula is C22H27NO3. The lowest BCUT2D eigenvalue weighted by Gasteiger charge is -2.52. The van der Waals surface area contributed by atoms with Crippen molar-refractivity contribution in [1.82, 2.24) is 4.90 Å². The number of hydrogen-bond acceptors (Lipinski definition) is 4. The zero-order chi connectivity index (χ0) is 18.1. The van der Waals surface area contributed by atoms with Crippen molar-refractivity contribution in [1.29, 1.82) is 0 Å². The van der Waals surface area contributed by atoms with Crippen molar-refractivity contribution >= 4 is 0 Å². The Morgan fingerprint density at radius 3 is 2.46 bits per heavy atom. The average Bonchev–Trinajstić information content (AvgIpc) is 2.64. The van der Waals surface area contributed by atoms with Crippen molar-refractivity contribution in [3.8, 4) is 5.75 Å². The first kappa shape index (κ1) is 17.5. The molecule has 0 aromatic heterocycles. The molecule has 2 unspecified atom stereocenters. The van der Waals surface area contributed by atoms with Gasteiger partial charge in [0.05, 0.1) is 25.9 Å². The van der Waals surface area contributed by atoms with Crippen molar-refractivity contribution < 1.29 is 14.6 Å². The quantitative estimate of drug-likeness (QED) is 0.916. The number of aryl methyl sites for hydroxylation is 1. The van der Waals surface area contributed by atoms with Crippen LogP contribution in [0.5, 0.6) is 5.75 Å². The Bertz CT molecular complexity index is 747. The first-order valence-electron chi connectivity index (χ1n) is 9.34. The topological polar surface area (TPSA) is 41.9 Å². The number of rotatable bonds is 4. The highest BCUT2D eigenvalue weighted by atomic mass is 16.5. The zero-order valence-electron chi connectivity index (χ0n) is 15.5. The van der Waals surface area contributed by atoms with Gasteiger partial charge in [0, 0.05) is 18.6 Å². The number of hydrogen-bond donors (Lipinski definition) is 1. The lowest BCUT2D eigenvalue weighted by atomic mass is 9.75. The lowest BCUT2D eigenvalue weighted by molar-refractivity contribution is -0.149. The third-order valence-electron chi connectivity index (χ3n) is 5.86. The van der Waals surface area contributed by atoms with Crippen molar-refractivity contribution in [3.63, 3.8) is 0 Å². The number of ether oxygens (including phenoxy) is 2. The molecule has 2 aromatic rings. The van der Waals surface area contributed by atoms with Gasteiger partial charge >= 0.3 is 0 Å². The summed E-state index contributed by atoms with van der Waals surface area (Å²) in [7, 11) is 1.67. The minimum absolute atomic E-state index is 0.221. The molecule has 2 saturated heterocycles. The van der Waals surface area contributed by atoms with Gasteiger partial charge in [0.2, 0.25) is 0 Å². The molecule has 2 aliphatic heterocycles. The van der Waals surface area contributed by atoms with Crippen LogP contribution in [0.3, 0.4) is 0 Å². The van der Waals surface area contributed by atoms with Crippen LogP contribution < -0.4 is 4.74 Å². The summed E-state index contributed by atoms with van der Waals surface area (Å²) in [5.74, 6) is 0.798. The van der Waals surface area contributed by atoms with Crippen LogP contribution in [0.1, 0.15) is 29.5 Å². The van der Waals surface area contributed by atoms with E-state index in [9.17, 15) is 5.11 Å². The van der Waals surface area contributed by atoms with Gasteiger partial charge in [0.1, 0.15) is 5.75 Å². The smallest absolute Gasteiger partial charge is 0.119 e. The van der Waals surface area contributed by atoms with Gasteiger partial charge in [-0.1, -0.05) is 36.4 Å². The van der Waals surface area contributed by atoms with Crippen LogP contribution in [0.15, 0.2) is 48.5 Å². The van der Waals surface area contributed by atoms with Gasteiger partial charge in [0.15, 0.2) is 0 Å². The van der Waals surface area contributed by atoms with E-state index in [1.54, 1.807) is 7.11 Å². The minimum atomic E-state index is -0.828.